The van der Waals surface area contributed by atoms with Gasteiger partial charge in [0.05, 0.1) is 4.92 Å². The minimum absolute atomic E-state index is 0.562. The average molecular weight is 207 g/mol. The highest BCUT2D eigenvalue weighted by molar-refractivity contribution is 7.87. The van der Waals surface area contributed by atoms with Crippen LogP contribution in [0, 0.1) is 10.1 Å². The van der Waals surface area contributed by atoms with Gasteiger partial charge in [-0.1, -0.05) is 0 Å². The Bertz CT molecular complexity index is 396. The van der Waals surface area contributed by atoms with Gasteiger partial charge in [0.1, 0.15) is 6.20 Å². The number of amides is 1. The molecule has 0 unspecified atom stereocenters. The van der Waals surface area contributed by atoms with Gasteiger partial charge in [0, 0.05) is 7.05 Å². The zero-order valence-corrected chi connectivity index (χ0v) is 7.24. The molecule has 72 valence electrons. The Morgan fingerprint density at radius 1 is 1.62 bits per heavy atom. The van der Waals surface area contributed by atoms with Crippen LogP contribution in [0.1, 0.15) is 0 Å². The van der Waals surface area contributed by atoms with Gasteiger partial charge in [-0.2, -0.15) is 8.42 Å². The van der Waals surface area contributed by atoms with Crippen LogP contribution in [0.3, 0.4) is 0 Å². The van der Waals surface area contributed by atoms with Gasteiger partial charge in [0.15, 0.2) is 0 Å². The van der Waals surface area contributed by atoms with Gasteiger partial charge in [-0.3, -0.25) is 19.2 Å². The fraction of sp³-hybridized carbons (Fsp3) is 0.250. The Hall–Kier alpha value is -1.64. The molecule has 0 aliphatic carbocycles. The molecule has 1 rings (SSSR count). The first kappa shape index (κ1) is 9.45. The molecule has 8 nitrogen and oxygen atoms in total. The summed E-state index contributed by atoms with van der Waals surface area (Å²) in [5, 5.41) is 10.2. The van der Waals surface area contributed by atoms with Crippen molar-refractivity contribution in [2.75, 3.05) is 7.05 Å². The highest BCUT2D eigenvalue weighted by atomic mass is 32.2. The third-order valence-corrected chi connectivity index (χ3v) is 2.64. The van der Waals surface area contributed by atoms with E-state index in [2.05, 4.69) is 0 Å². The van der Waals surface area contributed by atoms with Crippen molar-refractivity contribution in [2.45, 2.75) is 0 Å². The number of nitrogens with one attached hydrogen (secondary N) is 1. The first-order valence-corrected chi connectivity index (χ1v) is 4.45. The maximum Gasteiger partial charge on any atom is 0.351 e. The molecule has 0 aromatic heterocycles. The zero-order valence-electron chi connectivity index (χ0n) is 6.42. The van der Waals surface area contributed by atoms with Crippen molar-refractivity contribution in [1.29, 1.82) is 0 Å². The van der Waals surface area contributed by atoms with Crippen LogP contribution in [0.2, 0.25) is 0 Å². The van der Waals surface area contributed by atoms with Crippen molar-refractivity contribution < 1.29 is 18.1 Å². The predicted molar refractivity (Wildman–Crippen MR) is 39.9 cm³/mol. The molecule has 0 aromatic rings. The molecule has 1 heterocycles. The van der Waals surface area contributed by atoms with Crippen molar-refractivity contribution in [2.24, 2.45) is 0 Å². The summed E-state index contributed by atoms with van der Waals surface area (Å²) in [5.74, 6) is -1.23. The fourth-order valence-corrected chi connectivity index (χ4v) is 1.39. The number of carbonyl (C=O) groups is 1. The Kier molecular flexibility index (Phi) is 1.96. The lowest BCUT2D eigenvalue weighted by Gasteiger charge is -2.18. The van der Waals surface area contributed by atoms with Gasteiger partial charge in [-0.05, 0) is 0 Å². The Morgan fingerprint density at radius 2 is 2.15 bits per heavy atom. The van der Waals surface area contributed by atoms with Gasteiger partial charge in [-0.25, -0.2) is 4.72 Å². The molecule has 0 spiro atoms. The lowest BCUT2D eigenvalue weighted by Crippen LogP contribution is -2.45. The highest BCUT2D eigenvalue weighted by Crippen LogP contribution is 2.08. The number of hydrogen-bond acceptors (Lipinski definition) is 5. The van der Waals surface area contributed by atoms with Crippen LogP contribution in [0.4, 0.5) is 0 Å². The summed E-state index contributed by atoms with van der Waals surface area (Å²) >= 11 is 0. The smallest absolute Gasteiger partial charge is 0.261 e. The van der Waals surface area contributed by atoms with Crippen molar-refractivity contribution in [3.8, 4) is 0 Å². The van der Waals surface area contributed by atoms with Crippen molar-refractivity contribution in [3.63, 3.8) is 0 Å². The van der Waals surface area contributed by atoms with Gasteiger partial charge in [0.2, 0.25) is 0 Å². The molecule has 1 aliphatic rings. The quantitative estimate of drug-likeness (QED) is 0.411. The van der Waals surface area contributed by atoms with Crippen LogP contribution in [0.15, 0.2) is 11.9 Å². The van der Waals surface area contributed by atoms with Gasteiger partial charge < -0.3 is 0 Å². The van der Waals surface area contributed by atoms with Crippen LogP contribution in [0.5, 0.6) is 0 Å². The van der Waals surface area contributed by atoms with Crippen LogP contribution >= 0.6 is 0 Å². The molecule has 9 heteroatoms. The summed E-state index contributed by atoms with van der Waals surface area (Å²) in [6.45, 7) is 0. The van der Waals surface area contributed by atoms with Crippen LogP contribution in [-0.4, -0.2) is 30.6 Å². The Morgan fingerprint density at radius 3 is 2.62 bits per heavy atom. The van der Waals surface area contributed by atoms with E-state index in [1.165, 1.54) is 4.72 Å². The molecule has 0 bridgehead atoms. The zero-order chi connectivity index (χ0) is 10.2. The first-order chi connectivity index (χ1) is 5.84. The topological polar surface area (TPSA) is 110 Å². The van der Waals surface area contributed by atoms with E-state index in [4.69, 9.17) is 0 Å². The van der Waals surface area contributed by atoms with E-state index in [0.717, 1.165) is 7.05 Å². The molecule has 1 aliphatic heterocycles. The normalized spacial score (nSPS) is 20.5. The van der Waals surface area contributed by atoms with Gasteiger partial charge in [-0.15, -0.1) is 0 Å². The van der Waals surface area contributed by atoms with Crippen LogP contribution in [-0.2, 0) is 15.0 Å². The maximum atomic E-state index is 10.9. The number of rotatable bonds is 1. The molecular formula is C4H5N3O5S. The molecule has 13 heavy (non-hydrogen) atoms. The summed E-state index contributed by atoms with van der Waals surface area (Å²) in [7, 11) is -2.84. The fourth-order valence-electron chi connectivity index (χ4n) is 0.672. The maximum absolute atomic E-state index is 10.9. The summed E-state index contributed by atoms with van der Waals surface area (Å²) in [6.07, 6.45) is 0.647. The number of carbonyl (C=O) groups excluding carboxylic acids is 1. The van der Waals surface area contributed by atoms with E-state index in [1.54, 1.807) is 0 Å². The molecule has 0 radical (unpaired) electrons. The predicted octanol–water partition coefficient (Wildman–Crippen LogP) is -1.59. The van der Waals surface area contributed by atoms with Crippen LogP contribution < -0.4 is 4.72 Å². The minimum Gasteiger partial charge on any atom is -0.261 e. The van der Waals surface area contributed by atoms with E-state index < -0.39 is 26.7 Å². The average Bonchev–Trinajstić information content (AvgIpc) is 1.95. The minimum atomic E-state index is -3.92. The highest BCUT2D eigenvalue weighted by Gasteiger charge is 2.34. The second kappa shape index (κ2) is 2.69. The SMILES string of the molecule is CN1C=C([N+](=O)[O-])C(=O)NS1(=O)=O. The van der Waals surface area contributed by atoms with E-state index in [9.17, 15) is 23.3 Å². The van der Waals surface area contributed by atoms with Crippen molar-refractivity contribution in [3.05, 3.63) is 22.0 Å². The van der Waals surface area contributed by atoms with Gasteiger partial charge in [0.25, 0.3) is 0 Å². The third-order valence-electron chi connectivity index (χ3n) is 1.33. The van der Waals surface area contributed by atoms with Crippen molar-refractivity contribution >= 4 is 16.1 Å². The molecule has 0 fully saturated rings. The summed E-state index contributed by atoms with van der Waals surface area (Å²) in [6, 6.07) is 0. The number of hydrogen-bond donors (Lipinski definition) is 1. The van der Waals surface area contributed by atoms with Crippen molar-refractivity contribution in [1.82, 2.24) is 9.03 Å². The Labute approximate surface area is 73.2 Å². The summed E-state index contributed by atoms with van der Waals surface area (Å²) < 4.78 is 23.8. The largest absolute Gasteiger partial charge is 0.351 e. The monoisotopic (exact) mass is 207 g/mol. The standard InChI is InChI=1S/C4H5N3O5S/c1-6-2-3(7(9)10)4(8)5-13(6,11)12/h2H,1H3,(H,5,8). The lowest BCUT2D eigenvalue weighted by atomic mass is 10.4. The second-order valence-corrected chi connectivity index (χ2v) is 3.95. The Balaban J connectivity index is 3.19. The molecule has 0 saturated carbocycles. The third kappa shape index (κ3) is 1.59. The molecule has 1 amide bonds. The molecule has 0 saturated heterocycles. The first-order valence-electron chi connectivity index (χ1n) is 3.01. The number of nitrogens with zero attached hydrogens (tertiary/aromatic N) is 2. The van der Waals surface area contributed by atoms with Gasteiger partial charge >= 0.3 is 21.8 Å². The molecule has 1 N–H and O–H groups in total. The van der Waals surface area contributed by atoms with E-state index in [1.807, 2.05) is 0 Å². The van der Waals surface area contributed by atoms with Crippen LogP contribution in [0.25, 0.3) is 0 Å². The number of nitro groups is 1. The molecule has 0 atom stereocenters. The lowest BCUT2D eigenvalue weighted by molar-refractivity contribution is -0.419. The second-order valence-electron chi connectivity index (χ2n) is 2.22. The summed E-state index contributed by atoms with van der Waals surface area (Å²) in [4.78, 5) is 20.0. The van der Waals surface area contributed by atoms with E-state index in [0.29, 0.717) is 10.5 Å². The molecular weight excluding hydrogens is 202 g/mol. The summed E-state index contributed by atoms with van der Waals surface area (Å²) in [5.41, 5.74) is -0.808. The van der Waals surface area contributed by atoms with E-state index in [-0.39, 0.29) is 0 Å². The van der Waals surface area contributed by atoms with E-state index >= 15 is 0 Å². The molecule has 0 aromatic carbocycles.